The molecule has 1 heterocycles. The number of aryl methyl sites for hydroxylation is 2. The van der Waals surface area contributed by atoms with Crippen LogP contribution in [0.4, 0.5) is 8.78 Å². The Kier molecular flexibility index (Phi) is 2.59. The molecule has 0 N–H and O–H groups in total. The molecule has 1 aromatic heterocycles. The molecular formula is C15H13F2N2+. The van der Waals surface area contributed by atoms with Gasteiger partial charge in [-0.25, -0.2) is 8.78 Å². The van der Waals surface area contributed by atoms with Crippen LogP contribution in [0, 0.1) is 18.6 Å². The molecule has 2 nitrogen and oxygen atoms in total. The lowest BCUT2D eigenvalue weighted by Gasteiger charge is -2.07. The first kappa shape index (κ1) is 11.8. The van der Waals surface area contributed by atoms with Crippen LogP contribution in [0.3, 0.4) is 0 Å². The van der Waals surface area contributed by atoms with Crippen LogP contribution >= 0.6 is 0 Å². The maximum atomic E-state index is 14.1. The molecule has 2 aromatic carbocycles. The highest BCUT2D eigenvalue weighted by Crippen LogP contribution is 2.23. The molecule has 0 aliphatic heterocycles. The van der Waals surface area contributed by atoms with Crippen molar-refractivity contribution in [1.29, 1.82) is 0 Å². The van der Waals surface area contributed by atoms with E-state index in [0.29, 0.717) is 11.3 Å². The fraction of sp³-hybridized carbons (Fsp3) is 0.133. The van der Waals surface area contributed by atoms with E-state index in [0.717, 1.165) is 17.0 Å². The number of hydrogen-bond donors (Lipinski definition) is 0. The number of halogens is 2. The molecule has 3 aromatic rings. The van der Waals surface area contributed by atoms with Crippen molar-refractivity contribution >= 4 is 10.9 Å². The fourth-order valence-electron chi connectivity index (χ4n) is 2.46. The molecule has 0 amide bonds. The SMILES string of the molecule is Cc1cc(F)cc(F)c1-n1c2ccccc2c[n+]1C. The summed E-state index contributed by atoms with van der Waals surface area (Å²) in [6.45, 7) is 1.70. The van der Waals surface area contributed by atoms with Crippen LogP contribution in [-0.4, -0.2) is 4.68 Å². The first-order valence-corrected chi connectivity index (χ1v) is 6.00. The van der Waals surface area contributed by atoms with Crippen LogP contribution in [0.25, 0.3) is 16.6 Å². The van der Waals surface area contributed by atoms with Gasteiger partial charge >= 0.3 is 0 Å². The van der Waals surface area contributed by atoms with Crippen molar-refractivity contribution in [3.8, 4) is 5.69 Å². The Labute approximate surface area is 109 Å². The van der Waals surface area contributed by atoms with Crippen LogP contribution in [0.15, 0.2) is 42.6 Å². The number of nitrogens with zero attached hydrogens (tertiary/aromatic N) is 2. The monoisotopic (exact) mass is 259 g/mol. The van der Waals surface area contributed by atoms with E-state index in [2.05, 4.69) is 0 Å². The van der Waals surface area contributed by atoms with Gasteiger partial charge in [-0.05, 0) is 30.7 Å². The second kappa shape index (κ2) is 4.16. The van der Waals surface area contributed by atoms with Crippen LogP contribution < -0.4 is 4.68 Å². The normalized spacial score (nSPS) is 11.2. The number of fused-ring (bicyclic) bond motifs is 1. The third-order valence-corrected chi connectivity index (χ3v) is 3.24. The molecule has 0 aliphatic rings. The van der Waals surface area contributed by atoms with E-state index in [-0.39, 0.29) is 0 Å². The van der Waals surface area contributed by atoms with Crippen molar-refractivity contribution < 1.29 is 13.5 Å². The molecule has 0 saturated heterocycles. The van der Waals surface area contributed by atoms with E-state index in [9.17, 15) is 8.78 Å². The number of benzene rings is 2. The van der Waals surface area contributed by atoms with Gasteiger partial charge in [0.1, 0.15) is 17.0 Å². The number of rotatable bonds is 1. The zero-order valence-corrected chi connectivity index (χ0v) is 10.7. The summed E-state index contributed by atoms with van der Waals surface area (Å²) in [5.41, 5.74) is 1.83. The number of para-hydroxylation sites is 1. The van der Waals surface area contributed by atoms with E-state index >= 15 is 0 Å². The maximum absolute atomic E-state index is 14.1. The summed E-state index contributed by atoms with van der Waals surface area (Å²) >= 11 is 0. The highest BCUT2D eigenvalue weighted by molar-refractivity contribution is 5.79. The largest absolute Gasteiger partial charge is 0.207 e. The first-order chi connectivity index (χ1) is 9.08. The Morgan fingerprint density at radius 3 is 2.58 bits per heavy atom. The lowest BCUT2D eigenvalue weighted by Crippen LogP contribution is -2.37. The van der Waals surface area contributed by atoms with Gasteiger partial charge in [0, 0.05) is 6.07 Å². The Morgan fingerprint density at radius 2 is 1.84 bits per heavy atom. The van der Waals surface area contributed by atoms with Crippen LogP contribution in [0.5, 0.6) is 0 Å². The average molecular weight is 259 g/mol. The Hall–Kier alpha value is -2.23. The highest BCUT2D eigenvalue weighted by atomic mass is 19.1. The summed E-state index contributed by atoms with van der Waals surface area (Å²) in [5, 5.41) is 1.01. The zero-order chi connectivity index (χ0) is 13.6. The quantitative estimate of drug-likeness (QED) is 0.594. The van der Waals surface area contributed by atoms with Gasteiger partial charge in [-0.2, -0.15) is 0 Å². The topological polar surface area (TPSA) is 8.81 Å². The molecule has 96 valence electrons. The van der Waals surface area contributed by atoms with E-state index < -0.39 is 11.6 Å². The maximum Gasteiger partial charge on any atom is 0.203 e. The third kappa shape index (κ3) is 1.80. The van der Waals surface area contributed by atoms with Crippen LogP contribution in [0.1, 0.15) is 5.56 Å². The molecule has 3 rings (SSSR count). The highest BCUT2D eigenvalue weighted by Gasteiger charge is 2.20. The molecule has 0 bridgehead atoms. The van der Waals surface area contributed by atoms with E-state index in [4.69, 9.17) is 0 Å². The second-order valence-corrected chi connectivity index (χ2v) is 4.63. The van der Waals surface area contributed by atoms with Gasteiger partial charge in [-0.3, -0.25) is 0 Å². The summed E-state index contributed by atoms with van der Waals surface area (Å²) in [6.07, 6.45) is 1.91. The average Bonchev–Trinajstić information content (AvgIpc) is 2.65. The van der Waals surface area contributed by atoms with E-state index in [1.165, 1.54) is 6.07 Å². The second-order valence-electron chi connectivity index (χ2n) is 4.63. The summed E-state index contributed by atoms with van der Waals surface area (Å²) in [6, 6.07) is 9.96. The van der Waals surface area contributed by atoms with Crippen molar-refractivity contribution in [3.05, 3.63) is 59.8 Å². The van der Waals surface area contributed by atoms with Crippen molar-refractivity contribution in [2.75, 3.05) is 0 Å². The van der Waals surface area contributed by atoms with Gasteiger partial charge < -0.3 is 0 Å². The van der Waals surface area contributed by atoms with Crippen LogP contribution in [0.2, 0.25) is 0 Å². The van der Waals surface area contributed by atoms with Crippen LogP contribution in [-0.2, 0) is 7.05 Å². The Bertz CT molecular complexity index is 752. The van der Waals surface area contributed by atoms with Gasteiger partial charge in [0.15, 0.2) is 12.9 Å². The minimum absolute atomic E-state index is 0.380. The lowest BCUT2D eigenvalue weighted by atomic mass is 10.2. The predicted octanol–water partition coefficient (Wildman–Crippen LogP) is 3.04. The van der Waals surface area contributed by atoms with Gasteiger partial charge in [0.05, 0.1) is 5.39 Å². The molecule has 0 spiro atoms. The summed E-state index contributed by atoms with van der Waals surface area (Å²) < 4.78 is 30.9. The van der Waals surface area contributed by atoms with E-state index in [1.807, 2.05) is 37.5 Å². The third-order valence-electron chi connectivity index (χ3n) is 3.24. The molecular weight excluding hydrogens is 246 g/mol. The molecule has 0 fully saturated rings. The van der Waals surface area contributed by atoms with Gasteiger partial charge in [0.2, 0.25) is 6.20 Å². The molecule has 0 unspecified atom stereocenters. The Balaban J connectivity index is 2.40. The van der Waals surface area contributed by atoms with Gasteiger partial charge in [-0.15, -0.1) is 9.36 Å². The van der Waals surface area contributed by atoms with Crippen molar-refractivity contribution in [3.63, 3.8) is 0 Å². The minimum atomic E-state index is -0.561. The molecule has 0 radical (unpaired) electrons. The smallest absolute Gasteiger partial charge is 0.203 e. The predicted molar refractivity (Wildman–Crippen MR) is 69.1 cm³/mol. The first-order valence-electron chi connectivity index (χ1n) is 6.00. The molecule has 19 heavy (non-hydrogen) atoms. The van der Waals surface area contributed by atoms with Crippen molar-refractivity contribution in [1.82, 2.24) is 4.68 Å². The molecule has 0 saturated carbocycles. The van der Waals surface area contributed by atoms with E-state index in [1.54, 1.807) is 16.3 Å². The summed E-state index contributed by atoms with van der Waals surface area (Å²) in [4.78, 5) is 0. The lowest BCUT2D eigenvalue weighted by molar-refractivity contribution is -0.742. The fourth-order valence-corrected chi connectivity index (χ4v) is 2.46. The summed E-state index contributed by atoms with van der Waals surface area (Å²) in [5.74, 6) is -1.12. The molecule has 0 aliphatic carbocycles. The van der Waals surface area contributed by atoms with Crippen molar-refractivity contribution in [2.24, 2.45) is 7.05 Å². The number of hydrogen-bond acceptors (Lipinski definition) is 0. The minimum Gasteiger partial charge on any atom is -0.207 e. The standard InChI is InChI=1S/C15H13F2N2/c1-10-7-12(16)8-13(17)15(10)19-14-6-4-3-5-11(14)9-18(19)2/h3-9H,1-2H3/q+1. The zero-order valence-electron chi connectivity index (χ0n) is 10.7. The van der Waals surface area contributed by atoms with Gasteiger partial charge in [-0.1, -0.05) is 12.1 Å². The molecule has 4 heteroatoms. The molecule has 0 atom stereocenters. The summed E-state index contributed by atoms with van der Waals surface area (Å²) in [7, 11) is 1.84. The van der Waals surface area contributed by atoms with Crippen molar-refractivity contribution in [2.45, 2.75) is 6.92 Å². The number of aromatic nitrogens is 2. The van der Waals surface area contributed by atoms with Gasteiger partial charge in [0.25, 0.3) is 0 Å². The Morgan fingerprint density at radius 1 is 1.11 bits per heavy atom.